The summed E-state index contributed by atoms with van der Waals surface area (Å²) in [4.78, 5) is 2.41. The van der Waals surface area contributed by atoms with Gasteiger partial charge in [0.05, 0.1) is 0 Å². The number of anilines is 3. The highest BCUT2D eigenvalue weighted by atomic mass is 16.3. The molecule has 1 aromatic heterocycles. The lowest BCUT2D eigenvalue weighted by atomic mass is 9.82. The van der Waals surface area contributed by atoms with E-state index in [1.807, 2.05) is 12.1 Å². The zero-order valence-electron chi connectivity index (χ0n) is 28.6. The van der Waals surface area contributed by atoms with Crippen LogP contribution < -0.4 is 4.90 Å². The Balaban J connectivity index is 1.14. The van der Waals surface area contributed by atoms with E-state index in [2.05, 4.69) is 183 Å². The minimum Gasteiger partial charge on any atom is -0.456 e. The smallest absolute Gasteiger partial charge is 0.136 e. The molecular formula is C49H35NO. The Hall–Kier alpha value is -6.38. The Bertz CT molecular complexity index is 2780. The highest BCUT2D eigenvalue weighted by Crippen LogP contribution is 2.51. The zero-order valence-corrected chi connectivity index (χ0v) is 28.6. The molecule has 1 heterocycles. The topological polar surface area (TPSA) is 16.4 Å². The molecule has 9 aromatic rings. The van der Waals surface area contributed by atoms with Gasteiger partial charge in [0, 0.05) is 33.2 Å². The van der Waals surface area contributed by atoms with Crippen LogP contribution in [0.15, 0.2) is 180 Å². The maximum Gasteiger partial charge on any atom is 0.136 e. The van der Waals surface area contributed by atoms with E-state index in [1.165, 1.54) is 49.7 Å². The summed E-state index contributed by atoms with van der Waals surface area (Å²) in [5.41, 5.74) is 15.2. The predicted molar refractivity (Wildman–Crippen MR) is 214 cm³/mol. The molecule has 0 aliphatic heterocycles. The van der Waals surface area contributed by atoms with Crippen molar-refractivity contribution in [2.45, 2.75) is 19.3 Å². The molecule has 0 amide bonds. The lowest BCUT2D eigenvalue weighted by Gasteiger charge is -2.28. The molecule has 0 saturated heterocycles. The molecule has 2 heteroatoms. The van der Waals surface area contributed by atoms with Crippen molar-refractivity contribution in [1.82, 2.24) is 0 Å². The van der Waals surface area contributed by atoms with Gasteiger partial charge in [-0.3, -0.25) is 0 Å². The fourth-order valence-corrected chi connectivity index (χ4v) is 8.37. The van der Waals surface area contributed by atoms with Crippen LogP contribution in [-0.2, 0) is 5.41 Å². The Morgan fingerprint density at radius 3 is 1.94 bits per heavy atom. The van der Waals surface area contributed by atoms with Crippen LogP contribution in [0.1, 0.15) is 25.0 Å². The number of para-hydroxylation sites is 1. The van der Waals surface area contributed by atoms with Gasteiger partial charge in [0.2, 0.25) is 0 Å². The van der Waals surface area contributed by atoms with Gasteiger partial charge in [-0.05, 0) is 104 Å². The summed E-state index contributed by atoms with van der Waals surface area (Å²) in [7, 11) is 0. The van der Waals surface area contributed by atoms with Crippen LogP contribution in [0.3, 0.4) is 0 Å². The van der Waals surface area contributed by atoms with Crippen LogP contribution in [0.5, 0.6) is 0 Å². The number of fused-ring (bicyclic) bond motifs is 7. The third-order valence-corrected chi connectivity index (χ3v) is 10.9. The first-order valence-corrected chi connectivity index (χ1v) is 17.7. The molecule has 0 radical (unpaired) electrons. The number of hydrogen-bond acceptors (Lipinski definition) is 2. The van der Waals surface area contributed by atoms with Crippen molar-refractivity contribution in [2.24, 2.45) is 0 Å². The van der Waals surface area contributed by atoms with Gasteiger partial charge in [-0.1, -0.05) is 141 Å². The number of hydrogen-bond donors (Lipinski definition) is 0. The van der Waals surface area contributed by atoms with E-state index in [-0.39, 0.29) is 5.41 Å². The summed E-state index contributed by atoms with van der Waals surface area (Å²) in [6, 6.07) is 63.7. The number of rotatable bonds is 5. The summed E-state index contributed by atoms with van der Waals surface area (Å²) in [6.07, 6.45) is 0. The third kappa shape index (κ3) is 4.64. The average Bonchev–Trinajstić information content (AvgIpc) is 3.67. The van der Waals surface area contributed by atoms with Crippen LogP contribution in [0.4, 0.5) is 17.1 Å². The summed E-state index contributed by atoms with van der Waals surface area (Å²) in [5.74, 6) is 0. The third-order valence-electron chi connectivity index (χ3n) is 10.9. The number of benzene rings is 8. The normalized spacial score (nSPS) is 13.1. The molecule has 0 atom stereocenters. The highest BCUT2D eigenvalue weighted by molar-refractivity contribution is 6.12. The molecule has 0 N–H and O–H groups in total. The van der Waals surface area contributed by atoms with E-state index in [0.29, 0.717) is 0 Å². The maximum absolute atomic E-state index is 6.24. The standard InChI is InChI=1S/C49H35NO/c1-49(2)44-21-7-5-17-41(44)42-29-28-37(31-45(42)49)50(36-15-9-14-34(30-36)39-19-10-13-32-12-3-4-16-38(32)39)35-26-24-33(25-27-35)40-20-11-23-47-48(40)43-18-6-8-22-46(43)51-47/h3-31H,1-2H3. The van der Waals surface area contributed by atoms with E-state index in [4.69, 9.17) is 4.42 Å². The largest absolute Gasteiger partial charge is 0.456 e. The molecule has 242 valence electrons. The molecule has 51 heavy (non-hydrogen) atoms. The Labute approximate surface area is 297 Å². The van der Waals surface area contributed by atoms with Gasteiger partial charge in [-0.2, -0.15) is 0 Å². The van der Waals surface area contributed by atoms with E-state index >= 15 is 0 Å². The van der Waals surface area contributed by atoms with Crippen LogP contribution in [0, 0.1) is 0 Å². The SMILES string of the molecule is CC1(C)c2ccccc2-c2ccc(N(c3ccc(-c4cccc5oc6ccccc6c45)cc3)c3cccc(-c4cccc5ccccc45)c3)cc21. The van der Waals surface area contributed by atoms with E-state index < -0.39 is 0 Å². The summed E-state index contributed by atoms with van der Waals surface area (Å²) in [5, 5.41) is 4.79. The van der Waals surface area contributed by atoms with Crippen molar-refractivity contribution in [3.05, 3.63) is 187 Å². The summed E-state index contributed by atoms with van der Waals surface area (Å²) < 4.78 is 6.24. The van der Waals surface area contributed by atoms with Crippen molar-refractivity contribution in [1.29, 1.82) is 0 Å². The molecule has 2 nitrogen and oxygen atoms in total. The van der Waals surface area contributed by atoms with Crippen molar-refractivity contribution < 1.29 is 4.42 Å². The van der Waals surface area contributed by atoms with Crippen LogP contribution >= 0.6 is 0 Å². The van der Waals surface area contributed by atoms with Gasteiger partial charge in [0.15, 0.2) is 0 Å². The molecule has 0 spiro atoms. The molecule has 1 aliphatic carbocycles. The second-order valence-corrected chi connectivity index (χ2v) is 14.1. The zero-order chi connectivity index (χ0) is 34.1. The molecule has 10 rings (SSSR count). The van der Waals surface area contributed by atoms with E-state index in [1.54, 1.807) is 0 Å². The first-order chi connectivity index (χ1) is 25.0. The maximum atomic E-state index is 6.24. The van der Waals surface area contributed by atoms with Crippen molar-refractivity contribution in [3.63, 3.8) is 0 Å². The van der Waals surface area contributed by atoms with Crippen molar-refractivity contribution >= 4 is 49.8 Å². The van der Waals surface area contributed by atoms with Gasteiger partial charge in [0.25, 0.3) is 0 Å². The molecule has 0 bridgehead atoms. The first-order valence-electron chi connectivity index (χ1n) is 17.7. The Morgan fingerprint density at radius 2 is 1.04 bits per heavy atom. The van der Waals surface area contributed by atoms with Gasteiger partial charge in [-0.15, -0.1) is 0 Å². The second-order valence-electron chi connectivity index (χ2n) is 14.1. The van der Waals surface area contributed by atoms with Gasteiger partial charge in [0.1, 0.15) is 11.2 Å². The van der Waals surface area contributed by atoms with Gasteiger partial charge < -0.3 is 9.32 Å². The fourth-order valence-electron chi connectivity index (χ4n) is 8.37. The predicted octanol–water partition coefficient (Wildman–Crippen LogP) is 13.8. The minimum absolute atomic E-state index is 0.103. The summed E-state index contributed by atoms with van der Waals surface area (Å²) >= 11 is 0. The van der Waals surface area contributed by atoms with Crippen LogP contribution in [0.25, 0.3) is 66.1 Å². The second kappa shape index (κ2) is 11.3. The van der Waals surface area contributed by atoms with Gasteiger partial charge >= 0.3 is 0 Å². The molecule has 1 aliphatic rings. The van der Waals surface area contributed by atoms with Crippen LogP contribution in [0.2, 0.25) is 0 Å². The van der Waals surface area contributed by atoms with E-state index in [0.717, 1.165) is 44.6 Å². The molecule has 0 unspecified atom stereocenters. The Kier molecular flexibility index (Phi) is 6.56. The molecular weight excluding hydrogens is 619 g/mol. The molecule has 0 fully saturated rings. The van der Waals surface area contributed by atoms with Crippen molar-refractivity contribution in [3.8, 4) is 33.4 Å². The average molecular weight is 654 g/mol. The Morgan fingerprint density at radius 1 is 0.412 bits per heavy atom. The van der Waals surface area contributed by atoms with Crippen molar-refractivity contribution in [2.75, 3.05) is 4.90 Å². The van der Waals surface area contributed by atoms with Gasteiger partial charge in [-0.25, -0.2) is 0 Å². The molecule has 0 saturated carbocycles. The van der Waals surface area contributed by atoms with Crippen LogP contribution in [-0.4, -0.2) is 0 Å². The number of furan rings is 1. The summed E-state index contributed by atoms with van der Waals surface area (Å²) in [6.45, 7) is 4.70. The lowest BCUT2D eigenvalue weighted by Crippen LogP contribution is -2.16. The fraction of sp³-hybridized carbons (Fsp3) is 0.0612. The first kappa shape index (κ1) is 29.5. The quantitative estimate of drug-likeness (QED) is 0.184. The highest BCUT2D eigenvalue weighted by Gasteiger charge is 2.35. The van der Waals surface area contributed by atoms with E-state index in [9.17, 15) is 0 Å². The molecule has 8 aromatic carbocycles. The number of nitrogens with zero attached hydrogens (tertiary/aromatic N) is 1. The lowest BCUT2D eigenvalue weighted by molar-refractivity contribution is 0.660. The minimum atomic E-state index is -0.103. The monoisotopic (exact) mass is 653 g/mol.